The second-order valence-electron chi connectivity index (χ2n) is 4.46. The van der Waals surface area contributed by atoms with Crippen LogP contribution < -0.4 is 9.47 Å². The van der Waals surface area contributed by atoms with Crippen molar-refractivity contribution in [1.29, 1.82) is 0 Å². The van der Waals surface area contributed by atoms with E-state index in [1.807, 2.05) is 41.0 Å². The largest absolute Gasteiger partial charge is 0.497 e. The minimum Gasteiger partial charge on any atom is -0.497 e. The lowest BCUT2D eigenvalue weighted by atomic mass is 10.2. The predicted molar refractivity (Wildman–Crippen MR) is 89.3 cm³/mol. The van der Waals surface area contributed by atoms with Crippen molar-refractivity contribution in [2.45, 2.75) is 0 Å². The zero-order valence-electron chi connectivity index (χ0n) is 11.5. The Morgan fingerprint density at radius 3 is 2.62 bits per heavy atom. The van der Waals surface area contributed by atoms with E-state index in [1.165, 1.54) is 0 Å². The van der Waals surface area contributed by atoms with Gasteiger partial charge in [0.15, 0.2) is 4.77 Å². The third-order valence-corrected chi connectivity index (χ3v) is 4.05. The highest BCUT2D eigenvalue weighted by Crippen LogP contribution is 2.31. The summed E-state index contributed by atoms with van der Waals surface area (Å²) in [7, 11) is 3.29. The van der Waals surface area contributed by atoms with E-state index in [2.05, 4.69) is 20.9 Å². The van der Waals surface area contributed by atoms with Gasteiger partial charge in [0, 0.05) is 10.5 Å². The van der Waals surface area contributed by atoms with E-state index in [4.69, 9.17) is 21.7 Å². The molecule has 0 amide bonds. The molecule has 0 aliphatic rings. The van der Waals surface area contributed by atoms with Gasteiger partial charge in [0.25, 0.3) is 0 Å². The fourth-order valence-corrected chi connectivity index (χ4v) is 2.94. The second kappa shape index (κ2) is 5.54. The molecule has 0 saturated heterocycles. The van der Waals surface area contributed by atoms with Gasteiger partial charge >= 0.3 is 0 Å². The van der Waals surface area contributed by atoms with Crippen LogP contribution in [0.5, 0.6) is 11.5 Å². The zero-order chi connectivity index (χ0) is 15.0. The normalized spacial score (nSPS) is 10.8. The first-order valence-electron chi connectivity index (χ1n) is 6.26. The quantitative estimate of drug-likeness (QED) is 0.697. The highest BCUT2D eigenvalue weighted by atomic mass is 79.9. The van der Waals surface area contributed by atoms with E-state index in [0.29, 0.717) is 4.77 Å². The fourth-order valence-electron chi connectivity index (χ4n) is 2.29. The number of methoxy groups -OCH3 is 2. The van der Waals surface area contributed by atoms with Gasteiger partial charge in [0.1, 0.15) is 11.5 Å². The molecular weight excluding hydrogens is 352 g/mol. The van der Waals surface area contributed by atoms with Crippen molar-refractivity contribution < 1.29 is 9.47 Å². The number of H-pyrrole nitrogens is 1. The molecule has 0 aliphatic heterocycles. The number of nitrogens with zero attached hydrogens (tertiary/aromatic N) is 1. The van der Waals surface area contributed by atoms with Gasteiger partial charge in [-0.1, -0.05) is 15.9 Å². The van der Waals surface area contributed by atoms with Gasteiger partial charge in [-0.3, -0.25) is 4.57 Å². The van der Waals surface area contributed by atoms with Crippen LogP contribution in [0, 0.1) is 4.77 Å². The fraction of sp³-hybridized carbons (Fsp3) is 0.133. The van der Waals surface area contributed by atoms with Crippen LogP contribution in [0.15, 0.2) is 40.9 Å². The van der Waals surface area contributed by atoms with Gasteiger partial charge in [0.2, 0.25) is 0 Å². The molecule has 3 aromatic rings. The first kappa shape index (κ1) is 14.2. The SMILES string of the molecule is COc1ccc2[nH]c(=S)n(-c3cc(Br)ccc3OC)c2c1. The minimum atomic E-state index is 0.606. The lowest BCUT2D eigenvalue weighted by Gasteiger charge is -2.11. The molecule has 0 fully saturated rings. The monoisotopic (exact) mass is 364 g/mol. The number of aromatic amines is 1. The molecule has 1 N–H and O–H groups in total. The van der Waals surface area contributed by atoms with Gasteiger partial charge < -0.3 is 14.5 Å². The summed E-state index contributed by atoms with van der Waals surface area (Å²) < 4.78 is 14.3. The number of nitrogens with one attached hydrogen (secondary N) is 1. The average molecular weight is 365 g/mol. The smallest absolute Gasteiger partial charge is 0.182 e. The van der Waals surface area contributed by atoms with Gasteiger partial charge in [-0.2, -0.15) is 0 Å². The number of ether oxygens (including phenoxy) is 2. The van der Waals surface area contributed by atoms with Gasteiger partial charge in [0.05, 0.1) is 30.9 Å². The number of aromatic nitrogens is 2. The summed E-state index contributed by atoms with van der Waals surface area (Å²) >= 11 is 8.95. The lowest BCUT2D eigenvalue weighted by molar-refractivity contribution is 0.412. The summed E-state index contributed by atoms with van der Waals surface area (Å²) in [4.78, 5) is 3.20. The Kier molecular flexibility index (Phi) is 3.73. The number of rotatable bonds is 3. The summed E-state index contributed by atoms with van der Waals surface area (Å²) in [5.41, 5.74) is 2.76. The van der Waals surface area contributed by atoms with E-state index in [1.54, 1.807) is 14.2 Å². The maximum absolute atomic E-state index is 5.46. The van der Waals surface area contributed by atoms with Crippen molar-refractivity contribution in [1.82, 2.24) is 9.55 Å². The number of halogens is 1. The number of hydrogen-bond donors (Lipinski definition) is 1. The molecule has 6 heteroatoms. The van der Waals surface area contributed by atoms with Crippen molar-refractivity contribution in [2.75, 3.05) is 14.2 Å². The van der Waals surface area contributed by atoms with Crippen LogP contribution in [0.1, 0.15) is 0 Å². The van der Waals surface area contributed by atoms with Crippen LogP contribution in [0.2, 0.25) is 0 Å². The highest BCUT2D eigenvalue weighted by molar-refractivity contribution is 9.10. The van der Waals surface area contributed by atoms with E-state index in [-0.39, 0.29) is 0 Å². The van der Waals surface area contributed by atoms with Crippen molar-refractivity contribution in [3.8, 4) is 17.2 Å². The van der Waals surface area contributed by atoms with Crippen LogP contribution in [-0.4, -0.2) is 23.8 Å². The van der Waals surface area contributed by atoms with Gasteiger partial charge in [-0.15, -0.1) is 0 Å². The Morgan fingerprint density at radius 1 is 1.10 bits per heavy atom. The maximum Gasteiger partial charge on any atom is 0.182 e. The van der Waals surface area contributed by atoms with Crippen molar-refractivity contribution in [3.63, 3.8) is 0 Å². The van der Waals surface area contributed by atoms with Crippen LogP contribution >= 0.6 is 28.1 Å². The Morgan fingerprint density at radius 2 is 1.90 bits per heavy atom. The standard InChI is InChI=1S/C15H13BrN2O2S/c1-19-10-4-5-11-12(8-10)18(15(21)17-11)13-7-9(16)3-6-14(13)20-2/h3-8H,1-2H3,(H,17,21). The topological polar surface area (TPSA) is 39.2 Å². The summed E-state index contributed by atoms with van der Waals surface area (Å²) in [5, 5.41) is 0. The molecule has 108 valence electrons. The Labute approximate surface area is 135 Å². The van der Waals surface area contributed by atoms with E-state index in [0.717, 1.165) is 32.7 Å². The predicted octanol–water partition coefficient (Wildman–Crippen LogP) is 4.47. The average Bonchev–Trinajstić information content (AvgIpc) is 2.81. The first-order chi connectivity index (χ1) is 10.1. The number of benzene rings is 2. The molecule has 0 spiro atoms. The zero-order valence-corrected chi connectivity index (χ0v) is 13.9. The first-order valence-corrected chi connectivity index (χ1v) is 7.47. The van der Waals surface area contributed by atoms with Crippen LogP contribution in [0.4, 0.5) is 0 Å². The van der Waals surface area contributed by atoms with Gasteiger partial charge in [-0.05, 0) is 42.5 Å². The molecule has 2 aromatic carbocycles. The van der Waals surface area contributed by atoms with E-state index >= 15 is 0 Å². The molecule has 3 rings (SSSR count). The summed E-state index contributed by atoms with van der Waals surface area (Å²) in [6.07, 6.45) is 0. The molecule has 4 nitrogen and oxygen atoms in total. The molecular formula is C15H13BrN2O2S. The Bertz CT molecular complexity index is 870. The molecule has 0 unspecified atom stereocenters. The van der Waals surface area contributed by atoms with Crippen molar-refractivity contribution in [2.24, 2.45) is 0 Å². The Hall–Kier alpha value is -1.79. The lowest BCUT2D eigenvalue weighted by Crippen LogP contribution is -1.98. The molecule has 1 heterocycles. The third kappa shape index (κ3) is 2.45. The summed E-state index contributed by atoms with van der Waals surface area (Å²) in [6.45, 7) is 0. The van der Waals surface area contributed by atoms with E-state index in [9.17, 15) is 0 Å². The molecule has 1 aromatic heterocycles. The molecule has 0 bridgehead atoms. The minimum absolute atomic E-state index is 0.606. The van der Waals surface area contributed by atoms with Gasteiger partial charge in [-0.25, -0.2) is 0 Å². The highest BCUT2D eigenvalue weighted by Gasteiger charge is 2.12. The molecule has 21 heavy (non-hydrogen) atoms. The number of hydrogen-bond acceptors (Lipinski definition) is 3. The van der Waals surface area contributed by atoms with Crippen molar-refractivity contribution in [3.05, 3.63) is 45.6 Å². The van der Waals surface area contributed by atoms with Crippen LogP contribution in [0.3, 0.4) is 0 Å². The van der Waals surface area contributed by atoms with Crippen molar-refractivity contribution >= 4 is 39.2 Å². The molecule has 0 atom stereocenters. The Balaban J connectivity index is 2.36. The second-order valence-corrected chi connectivity index (χ2v) is 5.77. The van der Waals surface area contributed by atoms with Crippen LogP contribution in [0.25, 0.3) is 16.7 Å². The molecule has 0 radical (unpaired) electrons. The molecule has 0 saturated carbocycles. The van der Waals surface area contributed by atoms with E-state index < -0.39 is 0 Å². The summed E-state index contributed by atoms with van der Waals surface area (Å²) in [5.74, 6) is 1.53. The number of fused-ring (bicyclic) bond motifs is 1. The number of imidazole rings is 1. The summed E-state index contributed by atoms with van der Waals surface area (Å²) in [6, 6.07) is 11.6. The molecule has 0 aliphatic carbocycles. The maximum atomic E-state index is 5.46. The van der Waals surface area contributed by atoms with Crippen LogP contribution in [-0.2, 0) is 0 Å². The third-order valence-electron chi connectivity index (χ3n) is 3.27.